The Morgan fingerprint density at radius 3 is 2.87 bits per heavy atom. The zero-order valence-corrected chi connectivity index (χ0v) is 17.3. The van der Waals surface area contributed by atoms with Crippen molar-refractivity contribution in [1.29, 1.82) is 0 Å². The minimum Gasteiger partial charge on any atom is -0.468 e. The van der Waals surface area contributed by atoms with Crippen LogP contribution in [0.25, 0.3) is 11.0 Å². The van der Waals surface area contributed by atoms with Crippen molar-refractivity contribution < 1.29 is 9.53 Å². The number of piperidine rings is 1. The van der Waals surface area contributed by atoms with E-state index in [2.05, 4.69) is 35.2 Å². The minimum absolute atomic E-state index is 0.226. The molecule has 0 radical (unpaired) electrons. The molecule has 1 aliphatic rings. The topological polar surface area (TPSA) is 105 Å². The van der Waals surface area contributed by atoms with E-state index in [-0.39, 0.29) is 18.6 Å². The number of fused-ring (bicyclic) bond motifs is 1. The van der Waals surface area contributed by atoms with Gasteiger partial charge < -0.3 is 20.3 Å². The second-order valence-electron chi connectivity index (χ2n) is 6.98. The van der Waals surface area contributed by atoms with Gasteiger partial charge in [-0.2, -0.15) is 0 Å². The zero-order chi connectivity index (χ0) is 20.9. The Kier molecular flexibility index (Phi) is 6.20. The number of anilines is 3. The average Bonchev–Trinajstić information content (AvgIpc) is 2.78. The minimum atomic E-state index is -0.255. The number of carbonyl (C=O) groups excluding carboxylic acids is 1. The lowest BCUT2D eigenvalue weighted by molar-refractivity contribution is -0.139. The highest BCUT2D eigenvalue weighted by atomic mass is 35.5. The maximum absolute atomic E-state index is 11.3. The van der Waals surface area contributed by atoms with E-state index in [1.54, 1.807) is 6.20 Å². The van der Waals surface area contributed by atoms with E-state index in [0.29, 0.717) is 27.8 Å². The second-order valence-corrected chi connectivity index (χ2v) is 7.42. The summed E-state index contributed by atoms with van der Waals surface area (Å²) in [6.45, 7) is 1.80. The molecule has 0 aliphatic carbocycles. The molecule has 1 fully saturated rings. The molecule has 9 nitrogen and oxygen atoms in total. The van der Waals surface area contributed by atoms with Gasteiger partial charge in [0.15, 0.2) is 5.82 Å². The van der Waals surface area contributed by atoms with Crippen LogP contribution < -0.4 is 15.5 Å². The van der Waals surface area contributed by atoms with E-state index in [0.717, 1.165) is 31.6 Å². The Bertz CT molecular complexity index is 1040. The lowest BCUT2D eigenvalue weighted by atomic mass is 10.1. The summed E-state index contributed by atoms with van der Waals surface area (Å²) in [5.74, 6) is 0.980. The van der Waals surface area contributed by atoms with E-state index in [1.165, 1.54) is 13.4 Å². The molecule has 3 aromatic rings. The Morgan fingerprint density at radius 2 is 2.10 bits per heavy atom. The summed E-state index contributed by atoms with van der Waals surface area (Å²) in [6, 6.07) is 7.68. The summed E-state index contributed by atoms with van der Waals surface area (Å²) in [7, 11) is 1.39. The molecule has 0 atom stereocenters. The molecule has 0 unspecified atom stereocenters. The molecule has 156 valence electrons. The number of methoxy groups -OCH3 is 1. The predicted octanol–water partition coefficient (Wildman–Crippen LogP) is 2.55. The highest BCUT2D eigenvalue weighted by Gasteiger charge is 2.22. The number of aromatic nitrogens is 4. The predicted molar refractivity (Wildman–Crippen MR) is 115 cm³/mol. The van der Waals surface area contributed by atoms with Crippen molar-refractivity contribution in [1.82, 2.24) is 25.3 Å². The number of carbonyl (C=O) groups is 1. The first kappa shape index (κ1) is 20.2. The van der Waals surface area contributed by atoms with Crippen LogP contribution in [0.3, 0.4) is 0 Å². The molecule has 1 aliphatic heterocycles. The van der Waals surface area contributed by atoms with E-state index < -0.39 is 0 Å². The van der Waals surface area contributed by atoms with E-state index in [1.807, 2.05) is 24.3 Å². The largest absolute Gasteiger partial charge is 0.468 e. The highest BCUT2D eigenvalue weighted by Crippen LogP contribution is 2.25. The normalized spacial score (nSPS) is 14.7. The summed E-state index contributed by atoms with van der Waals surface area (Å²) in [5.41, 5.74) is 2.13. The summed E-state index contributed by atoms with van der Waals surface area (Å²) in [4.78, 5) is 31.3. The number of nitrogens with one attached hydrogen (secondary N) is 2. The van der Waals surface area contributed by atoms with E-state index in [4.69, 9.17) is 16.6 Å². The van der Waals surface area contributed by atoms with Crippen LogP contribution in [0.15, 0.2) is 36.8 Å². The fourth-order valence-corrected chi connectivity index (χ4v) is 3.57. The molecule has 30 heavy (non-hydrogen) atoms. The van der Waals surface area contributed by atoms with E-state index >= 15 is 0 Å². The number of hydrogen-bond donors (Lipinski definition) is 2. The van der Waals surface area contributed by atoms with Crippen molar-refractivity contribution in [2.24, 2.45) is 0 Å². The number of ether oxygens (including phenoxy) is 1. The molecule has 1 aromatic carbocycles. The Hall–Kier alpha value is -3.04. The van der Waals surface area contributed by atoms with Gasteiger partial charge in [-0.15, -0.1) is 0 Å². The summed E-state index contributed by atoms with van der Waals surface area (Å²) >= 11 is 6.08. The number of benzene rings is 1. The van der Waals surface area contributed by atoms with Crippen LogP contribution in [0, 0.1) is 0 Å². The third kappa shape index (κ3) is 4.74. The lowest BCUT2D eigenvalue weighted by Crippen LogP contribution is -2.44. The van der Waals surface area contributed by atoms with Gasteiger partial charge in [-0.1, -0.05) is 17.7 Å². The van der Waals surface area contributed by atoms with Crippen LogP contribution in [0.1, 0.15) is 12.8 Å². The molecule has 2 N–H and O–H groups in total. The average molecular weight is 428 g/mol. The second kappa shape index (κ2) is 9.19. The van der Waals surface area contributed by atoms with Crippen LogP contribution in [0.5, 0.6) is 0 Å². The SMILES string of the molecule is COC(=O)CNC1CCN(c2ncc3ncnc(Nc4cccc(Cl)c4)c3n2)CC1. The lowest BCUT2D eigenvalue weighted by Gasteiger charge is -2.32. The van der Waals surface area contributed by atoms with Crippen LogP contribution in [0.4, 0.5) is 17.5 Å². The van der Waals surface area contributed by atoms with Gasteiger partial charge in [0, 0.05) is 29.8 Å². The first-order valence-electron chi connectivity index (χ1n) is 9.68. The first-order chi connectivity index (χ1) is 14.6. The molecule has 0 spiro atoms. The van der Waals surface area contributed by atoms with Crippen molar-refractivity contribution in [2.75, 3.05) is 37.0 Å². The van der Waals surface area contributed by atoms with Crippen LogP contribution in [-0.2, 0) is 9.53 Å². The molecule has 1 saturated heterocycles. The number of hydrogen-bond acceptors (Lipinski definition) is 9. The smallest absolute Gasteiger partial charge is 0.319 e. The molecule has 2 aromatic heterocycles. The summed E-state index contributed by atoms with van der Waals surface area (Å²) < 4.78 is 4.68. The Labute approximate surface area is 178 Å². The molecule has 0 amide bonds. The summed E-state index contributed by atoms with van der Waals surface area (Å²) in [5, 5.41) is 7.13. The van der Waals surface area contributed by atoms with Crippen molar-refractivity contribution in [2.45, 2.75) is 18.9 Å². The number of halogens is 1. The number of esters is 1. The number of rotatable bonds is 6. The highest BCUT2D eigenvalue weighted by molar-refractivity contribution is 6.30. The molecular weight excluding hydrogens is 406 g/mol. The number of nitrogens with zero attached hydrogens (tertiary/aromatic N) is 5. The van der Waals surface area contributed by atoms with Crippen molar-refractivity contribution in [3.05, 3.63) is 41.8 Å². The third-order valence-corrected chi connectivity index (χ3v) is 5.23. The van der Waals surface area contributed by atoms with Crippen molar-refractivity contribution in [3.8, 4) is 0 Å². The quantitative estimate of drug-likeness (QED) is 0.574. The monoisotopic (exact) mass is 427 g/mol. The van der Waals surface area contributed by atoms with Gasteiger partial charge in [-0.3, -0.25) is 4.79 Å². The molecule has 4 rings (SSSR count). The maximum atomic E-state index is 11.3. The Balaban J connectivity index is 1.49. The zero-order valence-electron chi connectivity index (χ0n) is 16.5. The van der Waals surface area contributed by atoms with Crippen molar-refractivity contribution in [3.63, 3.8) is 0 Å². The molecule has 10 heteroatoms. The standard InChI is InChI=1S/C20H22ClN7O2/c1-30-17(29)11-22-14-5-7-28(8-6-14)20-23-10-16-18(27-20)19(25-12-24-16)26-15-4-2-3-13(21)9-15/h2-4,9-10,12,14,22H,5-8,11H2,1H3,(H,24,25,26). The fraction of sp³-hybridized carbons (Fsp3) is 0.350. The third-order valence-electron chi connectivity index (χ3n) is 4.99. The van der Waals surface area contributed by atoms with Gasteiger partial charge in [0.05, 0.1) is 19.9 Å². The summed E-state index contributed by atoms with van der Waals surface area (Å²) in [6.07, 6.45) is 4.97. The van der Waals surface area contributed by atoms with Gasteiger partial charge in [-0.05, 0) is 31.0 Å². The molecule has 0 bridgehead atoms. The molecule has 3 heterocycles. The Morgan fingerprint density at radius 1 is 1.27 bits per heavy atom. The van der Waals surface area contributed by atoms with Gasteiger partial charge in [0.1, 0.15) is 17.4 Å². The van der Waals surface area contributed by atoms with Crippen LogP contribution in [0.2, 0.25) is 5.02 Å². The fourth-order valence-electron chi connectivity index (χ4n) is 3.38. The van der Waals surface area contributed by atoms with E-state index in [9.17, 15) is 4.79 Å². The van der Waals surface area contributed by atoms with Crippen molar-refractivity contribution >= 4 is 46.1 Å². The van der Waals surface area contributed by atoms with Gasteiger partial charge in [0.2, 0.25) is 5.95 Å². The molecule has 0 saturated carbocycles. The maximum Gasteiger partial charge on any atom is 0.319 e. The van der Waals surface area contributed by atoms with Crippen LogP contribution in [-0.4, -0.2) is 58.7 Å². The van der Waals surface area contributed by atoms with Gasteiger partial charge in [-0.25, -0.2) is 19.9 Å². The molecular formula is C20H22ClN7O2. The van der Waals surface area contributed by atoms with Crippen LogP contribution >= 0.6 is 11.6 Å². The van der Waals surface area contributed by atoms with Gasteiger partial charge >= 0.3 is 5.97 Å². The van der Waals surface area contributed by atoms with Gasteiger partial charge in [0.25, 0.3) is 0 Å². The first-order valence-corrected chi connectivity index (χ1v) is 10.1.